The first-order chi connectivity index (χ1) is 7.33. The van der Waals surface area contributed by atoms with Crippen molar-refractivity contribution in [3.8, 4) is 0 Å². The molecule has 1 aromatic rings. The molecule has 0 saturated carbocycles. The normalized spacial score (nSPS) is 9.33. The Morgan fingerprint density at radius 3 is 2.73 bits per heavy atom. The summed E-state index contributed by atoms with van der Waals surface area (Å²) in [5.74, 6) is 0. The molecule has 1 amide bonds. The van der Waals surface area contributed by atoms with Crippen LogP contribution < -0.4 is 5.32 Å². The van der Waals surface area contributed by atoms with Crippen LogP contribution in [0.2, 0.25) is 0 Å². The van der Waals surface area contributed by atoms with Crippen LogP contribution in [-0.4, -0.2) is 18.9 Å². The van der Waals surface area contributed by atoms with Gasteiger partial charge in [0, 0.05) is 13.0 Å². The molecule has 0 unspecified atom stereocenters. The van der Waals surface area contributed by atoms with E-state index in [0.717, 1.165) is 5.56 Å². The van der Waals surface area contributed by atoms with Gasteiger partial charge < -0.3 is 10.1 Å². The lowest BCUT2D eigenvalue weighted by molar-refractivity contribution is 0.140. The minimum Gasteiger partial charge on any atom is -0.445 e. The van der Waals surface area contributed by atoms with Gasteiger partial charge in [0.2, 0.25) is 0 Å². The maximum absolute atomic E-state index is 11.0. The highest BCUT2D eigenvalue weighted by molar-refractivity contribution is 5.67. The largest absolute Gasteiger partial charge is 0.445 e. The molecule has 0 spiro atoms. The Morgan fingerprint density at radius 1 is 1.33 bits per heavy atom. The van der Waals surface area contributed by atoms with Crippen molar-refractivity contribution in [3.63, 3.8) is 0 Å². The Kier molecular flexibility index (Phi) is 4.94. The molecule has 0 aliphatic rings. The lowest BCUT2D eigenvalue weighted by atomic mass is 10.2. The molecule has 4 nitrogen and oxygen atoms in total. The summed E-state index contributed by atoms with van der Waals surface area (Å²) in [4.78, 5) is 20.9. The molecule has 0 bridgehead atoms. The van der Waals surface area contributed by atoms with Gasteiger partial charge in [-0.15, -0.1) is 0 Å². The van der Waals surface area contributed by atoms with Crippen molar-refractivity contribution >= 4 is 12.4 Å². The first-order valence-electron chi connectivity index (χ1n) is 4.62. The van der Waals surface area contributed by atoms with E-state index in [1.54, 1.807) is 6.29 Å². The van der Waals surface area contributed by atoms with Gasteiger partial charge >= 0.3 is 6.09 Å². The predicted octanol–water partition coefficient (Wildman–Crippen LogP) is 1.41. The van der Waals surface area contributed by atoms with Crippen molar-refractivity contribution in [2.45, 2.75) is 13.0 Å². The first-order valence-corrected chi connectivity index (χ1v) is 4.62. The number of carbonyl (C=O) groups excluding carboxylic acids is 2. The summed E-state index contributed by atoms with van der Waals surface area (Å²) in [7, 11) is 0. The molecule has 0 aliphatic carbocycles. The Hall–Kier alpha value is -1.84. The summed E-state index contributed by atoms with van der Waals surface area (Å²) in [6.07, 6.45) is 1.34. The Morgan fingerprint density at radius 2 is 2.07 bits per heavy atom. The number of rotatable bonds is 5. The van der Waals surface area contributed by atoms with Gasteiger partial charge in [0.15, 0.2) is 6.29 Å². The maximum Gasteiger partial charge on any atom is 0.407 e. The summed E-state index contributed by atoms with van der Waals surface area (Å²) in [6, 6.07) is 9.37. The van der Waals surface area contributed by atoms with E-state index in [-0.39, 0.29) is 19.6 Å². The number of hydrogen-bond donors (Lipinski definition) is 1. The molecule has 1 N–H and O–H groups in total. The number of nitrogens with one attached hydrogen (secondary N) is 1. The molecule has 0 aromatic heterocycles. The number of carbonyl (C=O) groups is 1. The average Bonchev–Trinajstić information content (AvgIpc) is 2.28. The molecule has 0 atom stereocenters. The summed E-state index contributed by atoms with van der Waals surface area (Å²) in [5, 5.41) is 2.43. The van der Waals surface area contributed by atoms with Crippen LogP contribution in [0.3, 0.4) is 0 Å². The van der Waals surface area contributed by atoms with Crippen LogP contribution in [0.4, 0.5) is 4.79 Å². The van der Waals surface area contributed by atoms with Crippen LogP contribution in [0.25, 0.3) is 0 Å². The monoisotopic (exact) mass is 206 g/mol. The zero-order valence-corrected chi connectivity index (χ0v) is 8.23. The Bertz CT molecular complexity index is 311. The van der Waals surface area contributed by atoms with Crippen LogP contribution in [-0.2, 0) is 16.1 Å². The molecule has 0 saturated heterocycles. The van der Waals surface area contributed by atoms with Gasteiger partial charge in [0.25, 0.3) is 0 Å². The van der Waals surface area contributed by atoms with E-state index in [1.165, 1.54) is 0 Å². The van der Waals surface area contributed by atoms with Crippen molar-refractivity contribution in [1.29, 1.82) is 0 Å². The Balaban J connectivity index is 2.20. The van der Waals surface area contributed by atoms with Crippen LogP contribution in [0.5, 0.6) is 0 Å². The van der Waals surface area contributed by atoms with Gasteiger partial charge in [-0.25, -0.2) is 4.79 Å². The summed E-state index contributed by atoms with van der Waals surface area (Å²) in [6.45, 7) is 0.495. The van der Waals surface area contributed by atoms with Crippen LogP contribution >= 0.6 is 0 Å². The second kappa shape index (κ2) is 6.59. The topological polar surface area (TPSA) is 55.4 Å². The summed E-state index contributed by atoms with van der Waals surface area (Å²) >= 11 is 0. The van der Waals surface area contributed by atoms with E-state index in [9.17, 15) is 9.59 Å². The van der Waals surface area contributed by atoms with E-state index in [2.05, 4.69) is 5.32 Å². The number of amides is 1. The molecule has 0 aliphatic heterocycles. The third kappa shape index (κ3) is 4.81. The fourth-order valence-corrected chi connectivity index (χ4v) is 0.990. The zero-order chi connectivity index (χ0) is 10.9. The quantitative estimate of drug-likeness (QED) is 0.741. The van der Waals surface area contributed by atoms with E-state index in [1.807, 2.05) is 30.3 Å². The molecular weight excluding hydrogens is 194 g/mol. The molecule has 1 aromatic carbocycles. The van der Waals surface area contributed by atoms with Crippen molar-refractivity contribution in [2.75, 3.05) is 6.54 Å². The van der Waals surface area contributed by atoms with Crippen molar-refractivity contribution in [1.82, 2.24) is 5.32 Å². The molecule has 79 valence electrons. The van der Waals surface area contributed by atoms with Gasteiger partial charge in [-0.3, -0.25) is 4.79 Å². The highest BCUT2D eigenvalue weighted by Gasteiger charge is 2.00. The third-order valence-corrected chi connectivity index (χ3v) is 1.71. The number of alkyl carbamates (subject to hydrolysis) is 1. The second-order valence-corrected chi connectivity index (χ2v) is 2.88. The Labute approximate surface area is 88.2 Å². The maximum atomic E-state index is 11.0. The lowest BCUT2D eigenvalue weighted by Crippen LogP contribution is -2.25. The summed E-state index contributed by atoms with van der Waals surface area (Å²) < 4.78 is 4.89. The predicted molar refractivity (Wildman–Crippen MR) is 54.9 cm³/mol. The van der Waals surface area contributed by atoms with E-state index >= 15 is 0 Å². The van der Waals surface area contributed by atoms with Crippen LogP contribution in [0.15, 0.2) is 30.3 Å². The van der Waals surface area contributed by atoms with Gasteiger partial charge in [-0.2, -0.15) is 0 Å². The van der Waals surface area contributed by atoms with Crippen LogP contribution in [0, 0.1) is 0 Å². The molecule has 0 heterocycles. The molecule has 1 radical (unpaired) electrons. The van der Waals surface area contributed by atoms with Crippen LogP contribution in [0.1, 0.15) is 12.0 Å². The molecule has 15 heavy (non-hydrogen) atoms. The average molecular weight is 206 g/mol. The molecule has 0 fully saturated rings. The standard InChI is InChI=1S/C11H12NO3/c13-8-4-7-12-11(14)15-9-10-5-2-1-3-6-10/h1-3,5-6H,4,7,9H2,(H,12,14). The molecular formula is C11H12NO3. The number of ether oxygens (including phenoxy) is 1. The fourth-order valence-electron chi connectivity index (χ4n) is 0.990. The van der Waals surface area contributed by atoms with Gasteiger partial charge in [0.1, 0.15) is 6.61 Å². The highest BCUT2D eigenvalue weighted by Crippen LogP contribution is 2.00. The van der Waals surface area contributed by atoms with Crippen molar-refractivity contribution in [3.05, 3.63) is 35.9 Å². The zero-order valence-electron chi connectivity index (χ0n) is 8.23. The number of benzene rings is 1. The van der Waals surface area contributed by atoms with Gasteiger partial charge in [0.05, 0.1) is 0 Å². The third-order valence-electron chi connectivity index (χ3n) is 1.71. The van der Waals surface area contributed by atoms with E-state index in [4.69, 9.17) is 4.74 Å². The molecule has 1 rings (SSSR count). The van der Waals surface area contributed by atoms with Gasteiger partial charge in [-0.1, -0.05) is 30.3 Å². The van der Waals surface area contributed by atoms with Crippen molar-refractivity contribution in [2.24, 2.45) is 0 Å². The first kappa shape index (κ1) is 11.2. The smallest absolute Gasteiger partial charge is 0.407 e. The lowest BCUT2D eigenvalue weighted by Gasteiger charge is -2.05. The second-order valence-electron chi connectivity index (χ2n) is 2.88. The van der Waals surface area contributed by atoms with Crippen molar-refractivity contribution < 1.29 is 14.3 Å². The van der Waals surface area contributed by atoms with E-state index < -0.39 is 6.09 Å². The van der Waals surface area contributed by atoms with E-state index in [0.29, 0.717) is 0 Å². The number of hydrogen-bond acceptors (Lipinski definition) is 3. The van der Waals surface area contributed by atoms with Gasteiger partial charge in [-0.05, 0) is 5.56 Å². The highest BCUT2D eigenvalue weighted by atomic mass is 16.5. The minimum atomic E-state index is -0.519. The SMILES string of the molecule is O=[C]CCNC(=O)OCc1ccccc1. The summed E-state index contributed by atoms with van der Waals surface area (Å²) in [5.41, 5.74) is 0.926. The fraction of sp³-hybridized carbons (Fsp3) is 0.273. The molecule has 4 heteroatoms. The minimum absolute atomic E-state index is 0.181.